The Morgan fingerprint density at radius 1 is 1.32 bits per heavy atom. The predicted molar refractivity (Wildman–Crippen MR) is 75.7 cm³/mol. The van der Waals surface area contributed by atoms with Crippen molar-refractivity contribution >= 4 is 15.9 Å². The molecule has 106 valence electrons. The van der Waals surface area contributed by atoms with Gasteiger partial charge in [0.15, 0.2) is 0 Å². The Bertz CT molecular complexity index is 449. The molecule has 0 radical (unpaired) electrons. The molecule has 1 aliphatic rings. The van der Waals surface area contributed by atoms with Crippen LogP contribution in [-0.2, 0) is 4.74 Å². The first-order chi connectivity index (χ1) is 9.08. The van der Waals surface area contributed by atoms with Crippen LogP contribution in [0.5, 0.6) is 11.5 Å². The van der Waals surface area contributed by atoms with Crippen LogP contribution in [0.25, 0.3) is 0 Å². The zero-order valence-electron chi connectivity index (χ0n) is 11.4. The minimum absolute atomic E-state index is 0.0503. The molecule has 0 saturated carbocycles. The van der Waals surface area contributed by atoms with E-state index in [-0.39, 0.29) is 12.0 Å². The number of ether oxygens (including phenoxy) is 3. The first kappa shape index (κ1) is 14.6. The fourth-order valence-electron chi connectivity index (χ4n) is 2.51. The van der Waals surface area contributed by atoms with Crippen molar-refractivity contribution in [2.75, 3.05) is 20.8 Å². The lowest BCUT2D eigenvalue weighted by atomic mass is 9.90. The Morgan fingerprint density at radius 3 is 2.53 bits per heavy atom. The van der Waals surface area contributed by atoms with E-state index >= 15 is 0 Å². The molecule has 1 aliphatic heterocycles. The summed E-state index contributed by atoms with van der Waals surface area (Å²) in [7, 11) is 3.20. The first-order valence-electron chi connectivity index (χ1n) is 6.29. The summed E-state index contributed by atoms with van der Waals surface area (Å²) in [5.74, 6) is 1.42. The van der Waals surface area contributed by atoms with Gasteiger partial charge in [-0.3, -0.25) is 0 Å². The Balaban J connectivity index is 2.36. The lowest BCUT2D eigenvalue weighted by Gasteiger charge is -2.23. The van der Waals surface area contributed by atoms with Gasteiger partial charge >= 0.3 is 0 Å². The van der Waals surface area contributed by atoms with Gasteiger partial charge in [0.05, 0.1) is 30.9 Å². The molecular formula is C14H19BrO4. The van der Waals surface area contributed by atoms with E-state index in [4.69, 9.17) is 14.2 Å². The van der Waals surface area contributed by atoms with Crippen molar-refractivity contribution in [2.24, 2.45) is 5.92 Å². The van der Waals surface area contributed by atoms with Gasteiger partial charge in [-0.2, -0.15) is 0 Å². The lowest BCUT2D eigenvalue weighted by molar-refractivity contribution is 0.0419. The molecule has 3 unspecified atom stereocenters. The molecule has 0 amide bonds. The van der Waals surface area contributed by atoms with Crippen molar-refractivity contribution in [3.05, 3.63) is 22.2 Å². The monoisotopic (exact) mass is 330 g/mol. The van der Waals surface area contributed by atoms with E-state index in [0.717, 1.165) is 16.5 Å². The van der Waals surface area contributed by atoms with Gasteiger partial charge in [-0.25, -0.2) is 0 Å². The molecule has 0 aromatic heterocycles. The maximum Gasteiger partial charge on any atom is 0.133 e. The SMILES string of the molecule is COc1cc(C(O)C2CCOC2C)c(OC)cc1Br. The Hall–Kier alpha value is -0.780. The van der Waals surface area contributed by atoms with Gasteiger partial charge in [-0.15, -0.1) is 0 Å². The van der Waals surface area contributed by atoms with E-state index in [9.17, 15) is 5.11 Å². The average Bonchev–Trinajstić information content (AvgIpc) is 2.83. The summed E-state index contributed by atoms with van der Waals surface area (Å²) < 4.78 is 17.0. The Kier molecular flexibility index (Phi) is 4.71. The van der Waals surface area contributed by atoms with Gasteiger partial charge in [-0.1, -0.05) is 0 Å². The summed E-state index contributed by atoms with van der Waals surface area (Å²) in [5.41, 5.74) is 0.741. The van der Waals surface area contributed by atoms with Crippen LogP contribution >= 0.6 is 15.9 Å². The third-order valence-electron chi connectivity index (χ3n) is 3.66. The highest BCUT2D eigenvalue weighted by atomic mass is 79.9. The largest absolute Gasteiger partial charge is 0.496 e. The third-order valence-corrected chi connectivity index (χ3v) is 4.28. The molecule has 2 rings (SSSR count). The molecule has 4 nitrogen and oxygen atoms in total. The maximum absolute atomic E-state index is 10.6. The summed E-state index contributed by atoms with van der Waals surface area (Å²) in [4.78, 5) is 0. The highest BCUT2D eigenvalue weighted by molar-refractivity contribution is 9.10. The zero-order chi connectivity index (χ0) is 14.0. The van der Waals surface area contributed by atoms with Gasteiger partial charge in [0.25, 0.3) is 0 Å². The minimum Gasteiger partial charge on any atom is -0.496 e. The molecule has 1 fully saturated rings. The van der Waals surface area contributed by atoms with Gasteiger partial charge in [-0.05, 0) is 41.4 Å². The molecule has 5 heteroatoms. The quantitative estimate of drug-likeness (QED) is 0.922. The Labute approximate surface area is 121 Å². The van der Waals surface area contributed by atoms with Gasteiger partial charge in [0.2, 0.25) is 0 Å². The summed E-state index contributed by atoms with van der Waals surface area (Å²) >= 11 is 3.42. The second-order valence-electron chi connectivity index (χ2n) is 4.70. The Morgan fingerprint density at radius 2 is 2.00 bits per heavy atom. The van der Waals surface area contributed by atoms with E-state index in [0.29, 0.717) is 18.1 Å². The molecule has 19 heavy (non-hydrogen) atoms. The minimum atomic E-state index is -0.616. The predicted octanol–water partition coefficient (Wildman–Crippen LogP) is 2.92. The van der Waals surface area contributed by atoms with Crippen LogP contribution in [0, 0.1) is 5.92 Å². The number of benzene rings is 1. The zero-order valence-corrected chi connectivity index (χ0v) is 12.9. The van der Waals surface area contributed by atoms with E-state index in [1.165, 1.54) is 0 Å². The van der Waals surface area contributed by atoms with Gasteiger partial charge in [0.1, 0.15) is 11.5 Å². The van der Waals surface area contributed by atoms with Crippen LogP contribution in [0.2, 0.25) is 0 Å². The molecular weight excluding hydrogens is 312 g/mol. The fraction of sp³-hybridized carbons (Fsp3) is 0.571. The van der Waals surface area contributed by atoms with Crippen LogP contribution in [0.1, 0.15) is 25.0 Å². The molecule has 1 heterocycles. The van der Waals surface area contributed by atoms with E-state index in [1.54, 1.807) is 14.2 Å². The second kappa shape index (κ2) is 6.11. The average molecular weight is 331 g/mol. The standard InChI is InChI=1S/C14H19BrO4/c1-8-9(4-5-19-8)14(16)10-6-13(18-3)11(15)7-12(10)17-2/h6-9,14,16H,4-5H2,1-3H3. The van der Waals surface area contributed by atoms with E-state index in [1.807, 2.05) is 19.1 Å². The van der Waals surface area contributed by atoms with Crippen LogP contribution in [0.3, 0.4) is 0 Å². The van der Waals surface area contributed by atoms with Crippen molar-refractivity contribution in [2.45, 2.75) is 25.6 Å². The number of rotatable bonds is 4. The summed E-state index contributed by atoms with van der Waals surface area (Å²) in [6.07, 6.45) is 0.285. The molecule has 1 saturated heterocycles. The number of hydrogen-bond acceptors (Lipinski definition) is 4. The van der Waals surface area contributed by atoms with Crippen LogP contribution in [-0.4, -0.2) is 32.0 Å². The van der Waals surface area contributed by atoms with Gasteiger partial charge < -0.3 is 19.3 Å². The number of hydrogen-bond donors (Lipinski definition) is 1. The van der Waals surface area contributed by atoms with Crippen molar-refractivity contribution in [1.29, 1.82) is 0 Å². The van der Waals surface area contributed by atoms with Crippen molar-refractivity contribution in [1.82, 2.24) is 0 Å². The fourth-order valence-corrected chi connectivity index (χ4v) is 2.99. The van der Waals surface area contributed by atoms with Crippen molar-refractivity contribution < 1.29 is 19.3 Å². The van der Waals surface area contributed by atoms with Crippen LogP contribution in [0.4, 0.5) is 0 Å². The third kappa shape index (κ3) is 2.88. The summed E-state index contributed by atoms with van der Waals surface area (Å²) in [6.45, 7) is 2.68. The molecule has 3 atom stereocenters. The maximum atomic E-state index is 10.6. The van der Waals surface area contributed by atoms with Crippen molar-refractivity contribution in [3.8, 4) is 11.5 Å². The number of aliphatic hydroxyl groups is 1. The molecule has 1 N–H and O–H groups in total. The van der Waals surface area contributed by atoms with Crippen LogP contribution < -0.4 is 9.47 Å². The molecule has 0 aliphatic carbocycles. The highest BCUT2D eigenvalue weighted by Gasteiger charge is 2.33. The molecule has 1 aromatic rings. The normalized spacial score (nSPS) is 24.3. The number of methoxy groups -OCH3 is 2. The van der Waals surface area contributed by atoms with Gasteiger partial charge in [0, 0.05) is 18.1 Å². The number of aliphatic hydroxyl groups excluding tert-OH is 1. The highest BCUT2D eigenvalue weighted by Crippen LogP contribution is 2.41. The van der Waals surface area contributed by atoms with Crippen molar-refractivity contribution in [3.63, 3.8) is 0 Å². The van der Waals surface area contributed by atoms with E-state index < -0.39 is 6.10 Å². The second-order valence-corrected chi connectivity index (χ2v) is 5.56. The molecule has 0 spiro atoms. The number of halogens is 1. The van der Waals surface area contributed by atoms with Crippen LogP contribution in [0.15, 0.2) is 16.6 Å². The summed E-state index contributed by atoms with van der Waals surface area (Å²) in [6, 6.07) is 3.64. The molecule has 1 aromatic carbocycles. The smallest absolute Gasteiger partial charge is 0.133 e. The first-order valence-corrected chi connectivity index (χ1v) is 7.08. The lowest BCUT2D eigenvalue weighted by Crippen LogP contribution is -2.20. The summed E-state index contributed by atoms with van der Waals surface area (Å²) in [5, 5.41) is 10.6. The van der Waals surface area contributed by atoms with E-state index in [2.05, 4.69) is 15.9 Å². The topological polar surface area (TPSA) is 47.9 Å². The molecule has 0 bridgehead atoms.